The highest BCUT2D eigenvalue weighted by Gasteiger charge is 2.36. The maximum atomic E-state index is 13.1. The zero-order valence-electron chi connectivity index (χ0n) is 19.4. The van der Waals surface area contributed by atoms with E-state index >= 15 is 0 Å². The number of methoxy groups -OCH3 is 1. The Labute approximate surface area is 216 Å². The maximum absolute atomic E-state index is 13.1. The van der Waals surface area contributed by atoms with Crippen LogP contribution in [-0.2, 0) is 16.0 Å². The van der Waals surface area contributed by atoms with Gasteiger partial charge < -0.3 is 9.84 Å². The van der Waals surface area contributed by atoms with Crippen molar-refractivity contribution in [3.05, 3.63) is 91.6 Å². The molecule has 3 aromatic rings. The summed E-state index contributed by atoms with van der Waals surface area (Å²) >= 11 is 2.22. The van der Waals surface area contributed by atoms with Crippen LogP contribution in [0.4, 0.5) is 10.5 Å². The number of nitrogens with one attached hydrogen (secondary N) is 1. The lowest BCUT2D eigenvalue weighted by atomic mass is 9.98. The van der Waals surface area contributed by atoms with Crippen LogP contribution in [0, 0.1) is 17.4 Å². The minimum absolute atomic E-state index is 0.00644. The number of ether oxygens (including phenoxy) is 1. The third-order valence-corrected chi connectivity index (χ3v) is 6.54. The van der Waals surface area contributed by atoms with Crippen molar-refractivity contribution in [3.63, 3.8) is 0 Å². The largest absolute Gasteiger partial charge is 0.508 e. The molecule has 0 spiro atoms. The van der Waals surface area contributed by atoms with E-state index in [1.54, 1.807) is 13.2 Å². The number of phenolic OH excluding ortho intramolecular Hbond substituents is 1. The normalized spacial score (nSPS) is 14.9. The van der Waals surface area contributed by atoms with E-state index in [-0.39, 0.29) is 17.0 Å². The minimum Gasteiger partial charge on any atom is -0.508 e. The summed E-state index contributed by atoms with van der Waals surface area (Å²) in [6.07, 6.45) is 2.12. The molecule has 2 N–H and O–H groups in total. The molecule has 4 amide bonds. The number of aryl methyl sites for hydroxylation is 2. The summed E-state index contributed by atoms with van der Waals surface area (Å²) in [6, 6.07) is 14.8. The number of anilines is 1. The molecule has 0 radical (unpaired) electrons. The van der Waals surface area contributed by atoms with Crippen LogP contribution in [0.3, 0.4) is 0 Å². The third kappa shape index (κ3) is 5.22. The number of rotatable bonds is 5. The van der Waals surface area contributed by atoms with Crippen LogP contribution in [0.25, 0.3) is 6.08 Å². The van der Waals surface area contributed by atoms with Crippen molar-refractivity contribution in [1.82, 2.24) is 5.32 Å². The average Bonchev–Trinajstić information content (AvgIpc) is 2.78. The molecule has 4 rings (SSSR count). The van der Waals surface area contributed by atoms with Crippen molar-refractivity contribution in [2.45, 2.75) is 20.3 Å². The lowest BCUT2D eigenvalue weighted by Crippen LogP contribution is -2.54. The number of halogens is 1. The molecule has 1 aliphatic rings. The molecular formula is C27H23IN2O5. The Hall–Kier alpha value is -3.66. The maximum Gasteiger partial charge on any atom is 0.335 e. The smallest absolute Gasteiger partial charge is 0.335 e. The molecule has 0 unspecified atom stereocenters. The molecule has 178 valence electrons. The topological polar surface area (TPSA) is 95.9 Å². The summed E-state index contributed by atoms with van der Waals surface area (Å²) in [5.41, 5.74) is 5.18. The van der Waals surface area contributed by atoms with Crippen molar-refractivity contribution in [1.29, 1.82) is 0 Å². The van der Waals surface area contributed by atoms with Crippen molar-refractivity contribution in [2.24, 2.45) is 0 Å². The Balaban J connectivity index is 1.70. The highest BCUT2D eigenvalue weighted by molar-refractivity contribution is 14.1. The van der Waals surface area contributed by atoms with E-state index in [0.29, 0.717) is 17.7 Å². The van der Waals surface area contributed by atoms with Crippen LogP contribution in [0.1, 0.15) is 27.8 Å². The molecule has 0 aliphatic carbocycles. The number of urea groups is 1. The summed E-state index contributed by atoms with van der Waals surface area (Å²) < 4.78 is 6.57. The molecule has 0 saturated carbocycles. The van der Waals surface area contributed by atoms with E-state index in [1.165, 1.54) is 41.5 Å². The third-order valence-electron chi connectivity index (χ3n) is 5.58. The Morgan fingerprint density at radius 2 is 1.66 bits per heavy atom. The molecular weight excluding hydrogens is 559 g/mol. The first kappa shape index (κ1) is 24.5. The lowest BCUT2D eigenvalue weighted by molar-refractivity contribution is -0.122. The minimum atomic E-state index is -0.848. The van der Waals surface area contributed by atoms with Crippen LogP contribution in [0.2, 0.25) is 0 Å². The van der Waals surface area contributed by atoms with E-state index < -0.39 is 17.8 Å². The van der Waals surface area contributed by atoms with Gasteiger partial charge in [0.15, 0.2) is 0 Å². The molecule has 1 fully saturated rings. The van der Waals surface area contributed by atoms with Crippen molar-refractivity contribution < 1.29 is 24.2 Å². The Morgan fingerprint density at radius 3 is 2.29 bits per heavy atom. The first-order valence-electron chi connectivity index (χ1n) is 10.8. The van der Waals surface area contributed by atoms with E-state index in [9.17, 15) is 19.5 Å². The number of carbonyl (C=O) groups is 3. The molecule has 3 aromatic carbocycles. The molecule has 0 aromatic heterocycles. The van der Waals surface area contributed by atoms with Crippen LogP contribution in [-0.4, -0.2) is 30.1 Å². The van der Waals surface area contributed by atoms with Gasteiger partial charge in [-0.05, 0) is 90.0 Å². The van der Waals surface area contributed by atoms with Gasteiger partial charge in [-0.15, -0.1) is 0 Å². The van der Waals surface area contributed by atoms with Gasteiger partial charge in [-0.1, -0.05) is 29.3 Å². The first-order valence-corrected chi connectivity index (χ1v) is 11.9. The lowest BCUT2D eigenvalue weighted by Gasteiger charge is -2.26. The number of hydrogen-bond acceptors (Lipinski definition) is 5. The number of carbonyl (C=O) groups excluding carboxylic acids is 3. The second-order valence-corrected chi connectivity index (χ2v) is 9.49. The van der Waals surface area contributed by atoms with Crippen LogP contribution in [0.5, 0.6) is 11.5 Å². The van der Waals surface area contributed by atoms with E-state index in [2.05, 4.69) is 60.0 Å². The zero-order chi connectivity index (χ0) is 25.3. The summed E-state index contributed by atoms with van der Waals surface area (Å²) in [4.78, 5) is 38.9. The standard InChI is InChI=1S/C27H23IN2O5/c1-15-8-16(2)10-17(9-15)11-21-23(28)13-18(14-24(21)35-3)12-22-25(32)29-27(34)30(26(22)33)19-4-6-20(31)7-5-19/h4-10,12-14,31H,11H2,1-3H3,(H,29,32,34)/b22-12+. The molecule has 1 saturated heterocycles. The fourth-order valence-corrected chi connectivity index (χ4v) is 4.92. The number of imide groups is 2. The number of phenols is 1. The van der Waals surface area contributed by atoms with Gasteiger partial charge in [0.2, 0.25) is 0 Å². The van der Waals surface area contributed by atoms with Gasteiger partial charge in [0.05, 0.1) is 12.8 Å². The predicted octanol–water partition coefficient (Wildman–Crippen LogP) is 4.88. The average molecular weight is 582 g/mol. The summed E-state index contributed by atoms with van der Waals surface area (Å²) in [6.45, 7) is 4.12. The molecule has 7 nitrogen and oxygen atoms in total. The molecule has 0 bridgehead atoms. The predicted molar refractivity (Wildman–Crippen MR) is 142 cm³/mol. The van der Waals surface area contributed by atoms with E-state index in [1.807, 2.05) is 6.07 Å². The summed E-state index contributed by atoms with van der Waals surface area (Å²) in [5.74, 6) is -0.896. The highest BCUT2D eigenvalue weighted by Crippen LogP contribution is 2.31. The van der Waals surface area contributed by atoms with Gasteiger partial charge in [0, 0.05) is 15.6 Å². The Morgan fingerprint density at radius 1 is 1.00 bits per heavy atom. The van der Waals surface area contributed by atoms with Gasteiger partial charge in [-0.3, -0.25) is 14.9 Å². The quantitative estimate of drug-likeness (QED) is 0.254. The second-order valence-electron chi connectivity index (χ2n) is 8.33. The molecule has 0 atom stereocenters. The van der Waals surface area contributed by atoms with Crippen LogP contribution < -0.4 is 15.0 Å². The fourth-order valence-electron chi connectivity index (χ4n) is 4.10. The number of amides is 4. The molecule has 8 heteroatoms. The SMILES string of the molecule is COc1cc(/C=C2\C(=O)NC(=O)N(c3ccc(O)cc3)C2=O)cc(I)c1Cc1cc(C)cc(C)c1. The molecule has 1 heterocycles. The monoisotopic (exact) mass is 582 g/mol. The molecule has 35 heavy (non-hydrogen) atoms. The number of nitrogens with zero attached hydrogens (tertiary/aromatic N) is 1. The first-order chi connectivity index (χ1) is 16.7. The fraction of sp³-hybridized carbons (Fsp3) is 0.148. The van der Waals surface area contributed by atoms with Gasteiger partial charge in [-0.25, -0.2) is 9.69 Å². The van der Waals surface area contributed by atoms with Crippen molar-refractivity contribution in [2.75, 3.05) is 12.0 Å². The number of aromatic hydroxyl groups is 1. The molecule has 1 aliphatic heterocycles. The van der Waals surface area contributed by atoms with E-state index in [0.717, 1.165) is 19.6 Å². The second kappa shape index (κ2) is 9.91. The van der Waals surface area contributed by atoms with E-state index in [4.69, 9.17) is 4.74 Å². The number of hydrogen-bond donors (Lipinski definition) is 2. The van der Waals surface area contributed by atoms with Gasteiger partial charge in [0.1, 0.15) is 17.1 Å². The van der Waals surface area contributed by atoms with Gasteiger partial charge >= 0.3 is 6.03 Å². The Kier molecular flexibility index (Phi) is 6.93. The number of barbiturate groups is 1. The van der Waals surface area contributed by atoms with Gasteiger partial charge in [-0.2, -0.15) is 0 Å². The highest BCUT2D eigenvalue weighted by atomic mass is 127. The van der Waals surface area contributed by atoms with Crippen molar-refractivity contribution in [3.8, 4) is 11.5 Å². The van der Waals surface area contributed by atoms with Gasteiger partial charge in [0.25, 0.3) is 11.8 Å². The summed E-state index contributed by atoms with van der Waals surface area (Å²) in [5, 5.41) is 11.7. The van der Waals surface area contributed by atoms with Crippen molar-refractivity contribution >= 4 is 52.2 Å². The summed E-state index contributed by atoms with van der Waals surface area (Å²) in [7, 11) is 1.58. The number of benzene rings is 3. The zero-order valence-corrected chi connectivity index (χ0v) is 21.5. The Bertz CT molecular complexity index is 1360. The van der Waals surface area contributed by atoms with Crippen LogP contribution >= 0.6 is 22.6 Å². The van der Waals surface area contributed by atoms with Crippen LogP contribution in [0.15, 0.2) is 60.2 Å².